The van der Waals surface area contributed by atoms with E-state index in [1.165, 1.54) is 0 Å². The number of hydrogen-bond donors (Lipinski definition) is 0. The van der Waals surface area contributed by atoms with Crippen molar-refractivity contribution in [1.82, 2.24) is 4.98 Å². The average molecular weight is 187 g/mol. The van der Waals surface area contributed by atoms with Crippen LogP contribution in [0.5, 0.6) is 0 Å². The number of carbonyl (C=O) groups excluding carboxylic acids is 1. The van der Waals surface area contributed by atoms with Crippen LogP contribution in [0.15, 0.2) is 29.8 Å². The first-order chi connectivity index (χ1) is 6.38. The third-order valence-corrected chi connectivity index (χ3v) is 3.10. The Labute approximate surface area is 78.9 Å². The second-order valence-electron chi connectivity index (χ2n) is 2.89. The van der Waals surface area contributed by atoms with E-state index in [1.807, 2.05) is 17.5 Å². The van der Waals surface area contributed by atoms with Crippen molar-refractivity contribution in [2.24, 2.45) is 0 Å². The maximum absolute atomic E-state index is 11.7. The summed E-state index contributed by atoms with van der Waals surface area (Å²) < 4.78 is 0. The van der Waals surface area contributed by atoms with E-state index in [0.717, 1.165) is 21.7 Å². The molecular formula is C10H5NOS. The summed E-state index contributed by atoms with van der Waals surface area (Å²) in [4.78, 5) is 16.9. The van der Waals surface area contributed by atoms with Crippen molar-refractivity contribution in [3.05, 3.63) is 40.9 Å². The van der Waals surface area contributed by atoms with Gasteiger partial charge in [-0.15, -0.1) is 11.3 Å². The SMILES string of the molecule is O=C1c2cccnc2-c2sccc21. The Bertz CT molecular complexity index is 501. The van der Waals surface area contributed by atoms with Crippen LogP contribution < -0.4 is 0 Å². The summed E-state index contributed by atoms with van der Waals surface area (Å²) in [5.74, 6) is 0.111. The van der Waals surface area contributed by atoms with Crippen molar-refractivity contribution < 1.29 is 4.79 Å². The number of thiophene rings is 1. The van der Waals surface area contributed by atoms with Crippen LogP contribution in [0, 0.1) is 0 Å². The van der Waals surface area contributed by atoms with Crippen LogP contribution in [-0.4, -0.2) is 10.8 Å². The number of nitrogens with zero attached hydrogens (tertiary/aromatic N) is 1. The lowest BCUT2D eigenvalue weighted by Crippen LogP contribution is -1.93. The average Bonchev–Trinajstić information content (AvgIpc) is 2.72. The topological polar surface area (TPSA) is 30.0 Å². The molecular weight excluding hydrogens is 182 g/mol. The van der Waals surface area contributed by atoms with Gasteiger partial charge in [-0.1, -0.05) is 0 Å². The summed E-state index contributed by atoms with van der Waals surface area (Å²) >= 11 is 1.58. The van der Waals surface area contributed by atoms with Gasteiger partial charge in [0.1, 0.15) is 0 Å². The highest BCUT2D eigenvalue weighted by Gasteiger charge is 2.28. The van der Waals surface area contributed by atoms with Gasteiger partial charge in [-0.3, -0.25) is 9.78 Å². The molecule has 0 aliphatic heterocycles. The van der Waals surface area contributed by atoms with Crippen molar-refractivity contribution >= 4 is 17.1 Å². The lowest BCUT2D eigenvalue weighted by molar-refractivity contribution is 0.104. The lowest BCUT2D eigenvalue weighted by atomic mass is 10.2. The molecule has 1 aliphatic rings. The minimum Gasteiger partial charge on any atom is -0.288 e. The summed E-state index contributed by atoms with van der Waals surface area (Å²) in [6.07, 6.45) is 1.72. The first-order valence-electron chi connectivity index (χ1n) is 3.95. The van der Waals surface area contributed by atoms with Crippen LogP contribution in [0.25, 0.3) is 10.6 Å². The minimum absolute atomic E-state index is 0.111. The van der Waals surface area contributed by atoms with Crippen molar-refractivity contribution in [1.29, 1.82) is 0 Å². The minimum atomic E-state index is 0.111. The molecule has 62 valence electrons. The Balaban J connectivity index is 2.43. The van der Waals surface area contributed by atoms with Crippen molar-refractivity contribution in [2.75, 3.05) is 0 Å². The van der Waals surface area contributed by atoms with E-state index in [4.69, 9.17) is 0 Å². The van der Waals surface area contributed by atoms with Gasteiger partial charge in [0.2, 0.25) is 0 Å². The number of hydrogen-bond acceptors (Lipinski definition) is 3. The molecule has 0 saturated heterocycles. The van der Waals surface area contributed by atoms with Gasteiger partial charge in [-0.05, 0) is 23.6 Å². The molecule has 0 amide bonds. The van der Waals surface area contributed by atoms with E-state index in [0.29, 0.717) is 0 Å². The zero-order valence-electron chi connectivity index (χ0n) is 6.65. The van der Waals surface area contributed by atoms with Crippen molar-refractivity contribution in [2.45, 2.75) is 0 Å². The quantitative estimate of drug-likeness (QED) is 0.540. The van der Waals surface area contributed by atoms with Crippen molar-refractivity contribution in [3.8, 4) is 10.6 Å². The molecule has 0 atom stereocenters. The zero-order chi connectivity index (χ0) is 8.84. The first-order valence-corrected chi connectivity index (χ1v) is 4.83. The molecule has 2 nitrogen and oxygen atoms in total. The normalized spacial score (nSPS) is 12.8. The first kappa shape index (κ1) is 6.97. The molecule has 0 N–H and O–H groups in total. The summed E-state index contributed by atoms with van der Waals surface area (Å²) in [6, 6.07) is 5.49. The predicted molar refractivity (Wildman–Crippen MR) is 51.0 cm³/mol. The Morgan fingerprint density at radius 3 is 3.08 bits per heavy atom. The second-order valence-corrected chi connectivity index (χ2v) is 3.81. The molecule has 0 spiro atoms. The molecule has 3 heteroatoms. The molecule has 0 aromatic carbocycles. The monoisotopic (exact) mass is 187 g/mol. The van der Waals surface area contributed by atoms with E-state index in [2.05, 4.69) is 4.98 Å². The number of fused-ring (bicyclic) bond motifs is 3. The third-order valence-electron chi connectivity index (χ3n) is 2.18. The molecule has 0 fully saturated rings. The predicted octanol–water partition coefficient (Wildman–Crippen LogP) is 2.35. The molecule has 2 heterocycles. The van der Waals surface area contributed by atoms with E-state index < -0.39 is 0 Å². The maximum atomic E-state index is 11.7. The van der Waals surface area contributed by atoms with E-state index >= 15 is 0 Å². The molecule has 0 saturated carbocycles. The molecule has 13 heavy (non-hydrogen) atoms. The highest BCUT2D eigenvalue weighted by atomic mass is 32.1. The fourth-order valence-electron chi connectivity index (χ4n) is 1.59. The van der Waals surface area contributed by atoms with E-state index in [1.54, 1.807) is 23.6 Å². The molecule has 2 aromatic heterocycles. The summed E-state index contributed by atoms with van der Waals surface area (Å²) in [5.41, 5.74) is 2.39. The van der Waals surface area contributed by atoms with Crippen LogP contribution in [0.4, 0.5) is 0 Å². The van der Waals surface area contributed by atoms with Crippen LogP contribution in [0.3, 0.4) is 0 Å². The Hall–Kier alpha value is -1.48. The van der Waals surface area contributed by atoms with E-state index in [-0.39, 0.29) is 5.78 Å². The van der Waals surface area contributed by atoms with Gasteiger partial charge in [0.25, 0.3) is 0 Å². The number of ketones is 1. The maximum Gasteiger partial charge on any atom is 0.196 e. The zero-order valence-corrected chi connectivity index (χ0v) is 7.47. The van der Waals surface area contributed by atoms with Crippen molar-refractivity contribution in [3.63, 3.8) is 0 Å². The van der Waals surface area contributed by atoms with Gasteiger partial charge < -0.3 is 0 Å². The third kappa shape index (κ3) is 0.769. The number of carbonyl (C=O) groups is 1. The summed E-state index contributed by atoms with van der Waals surface area (Å²) in [6.45, 7) is 0. The van der Waals surface area contributed by atoms with E-state index in [9.17, 15) is 4.79 Å². The van der Waals surface area contributed by atoms with Gasteiger partial charge in [0, 0.05) is 17.3 Å². The second kappa shape index (κ2) is 2.26. The van der Waals surface area contributed by atoms with Gasteiger partial charge >= 0.3 is 0 Å². The Morgan fingerprint density at radius 2 is 2.15 bits per heavy atom. The Kier molecular flexibility index (Phi) is 1.21. The number of rotatable bonds is 0. The fourth-order valence-corrected chi connectivity index (χ4v) is 2.49. The Morgan fingerprint density at radius 1 is 1.23 bits per heavy atom. The lowest BCUT2D eigenvalue weighted by Gasteiger charge is -1.93. The molecule has 2 aromatic rings. The van der Waals surface area contributed by atoms with Gasteiger partial charge in [-0.2, -0.15) is 0 Å². The smallest absolute Gasteiger partial charge is 0.196 e. The van der Waals surface area contributed by atoms with Crippen LogP contribution in [0.2, 0.25) is 0 Å². The molecule has 3 rings (SSSR count). The molecule has 1 aliphatic carbocycles. The molecule has 0 unspecified atom stereocenters. The van der Waals surface area contributed by atoms with Gasteiger partial charge in [0.15, 0.2) is 5.78 Å². The fraction of sp³-hybridized carbons (Fsp3) is 0. The summed E-state index contributed by atoms with van der Waals surface area (Å²) in [7, 11) is 0. The highest BCUT2D eigenvalue weighted by molar-refractivity contribution is 7.14. The molecule has 0 bridgehead atoms. The van der Waals surface area contributed by atoms with Crippen LogP contribution >= 0.6 is 11.3 Å². The largest absolute Gasteiger partial charge is 0.288 e. The number of pyridine rings is 1. The molecule has 0 radical (unpaired) electrons. The number of aromatic nitrogens is 1. The van der Waals surface area contributed by atoms with Crippen LogP contribution in [0.1, 0.15) is 15.9 Å². The standard InChI is InChI=1S/C10H5NOS/c12-9-6-2-1-4-11-8(6)10-7(9)3-5-13-10/h1-5H. The van der Waals surface area contributed by atoms with Gasteiger partial charge in [-0.25, -0.2) is 0 Å². The summed E-state index contributed by atoms with van der Waals surface area (Å²) in [5, 5.41) is 1.93. The highest BCUT2D eigenvalue weighted by Crippen LogP contribution is 2.38. The van der Waals surface area contributed by atoms with Gasteiger partial charge in [0.05, 0.1) is 10.6 Å². The van der Waals surface area contributed by atoms with Crippen LogP contribution in [-0.2, 0) is 0 Å².